The molecule has 0 spiro atoms. The SMILES string of the molecule is CC(=O)N(C)c1ccccc1C(=O)N1CC[C@H](O)C1. The van der Waals surface area contributed by atoms with Crippen LogP contribution in [0, 0.1) is 0 Å². The number of aliphatic hydroxyl groups excluding tert-OH is 1. The summed E-state index contributed by atoms with van der Waals surface area (Å²) in [6, 6.07) is 7.03. The molecule has 5 nitrogen and oxygen atoms in total. The van der Waals surface area contributed by atoms with Gasteiger partial charge in [0.05, 0.1) is 17.4 Å². The molecule has 0 aromatic heterocycles. The van der Waals surface area contributed by atoms with Gasteiger partial charge in [0.15, 0.2) is 0 Å². The van der Waals surface area contributed by atoms with Gasteiger partial charge >= 0.3 is 0 Å². The number of amides is 2. The van der Waals surface area contributed by atoms with Crippen molar-refractivity contribution >= 4 is 17.5 Å². The number of carbonyl (C=O) groups is 2. The number of β-amino-alcohol motifs (C(OH)–C–C–N with tert-alkyl or cyclic N) is 1. The van der Waals surface area contributed by atoms with E-state index in [9.17, 15) is 14.7 Å². The first-order valence-electron chi connectivity index (χ1n) is 6.31. The Labute approximate surface area is 112 Å². The van der Waals surface area contributed by atoms with Crippen LogP contribution in [-0.4, -0.2) is 48.1 Å². The van der Waals surface area contributed by atoms with Gasteiger partial charge in [-0.25, -0.2) is 0 Å². The average molecular weight is 262 g/mol. The Morgan fingerprint density at radius 2 is 2.05 bits per heavy atom. The predicted octanol–water partition coefficient (Wildman–Crippen LogP) is 0.876. The highest BCUT2D eigenvalue weighted by Gasteiger charge is 2.27. The lowest BCUT2D eigenvalue weighted by Crippen LogP contribution is -2.32. The largest absolute Gasteiger partial charge is 0.391 e. The van der Waals surface area contributed by atoms with Crippen molar-refractivity contribution in [3.05, 3.63) is 29.8 Å². The van der Waals surface area contributed by atoms with Gasteiger partial charge in [-0.2, -0.15) is 0 Å². The van der Waals surface area contributed by atoms with Crippen LogP contribution in [0.4, 0.5) is 5.69 Å². The normalized spacial score (nSPS) is 18.5. The molecule has 1 aromatic rings. The fourth-order valence-electron chi connectivity index (χ4n) is 2.21. The van der Waals surface area contributed by atoms with Crippen molar-refractivity contribution in [3.8, 4) is 0 Å². The van der Waals surface area contributed by atoms with Gasteiger partial charge in [0.1, 0.15) is 0 Å². The molecule has 1 aliphatic rings. The summed E-state index contributed by atoms with van der Waals surface area (Å²) in [4.78, 5) is 27.0. The molecule has 0 bridgehead atoms. The fourth-order valence-corrected chi connectivity index (χ4v) is 2.21. The van der Waals surface area contributed by atoms with E-state index in [1.54, 1.807) is 36.2 Å². The van der Waals surface area contributed by atoms with E-state index < -0.39 is 6.10 Å². The molecule has 0 aliphatic carbocycles. The number of carbonyl (C=O) groups excluding carboxylic acids is 2. The van der Waals surface area contributed by atoms with Crippen LogP contribution >= 0.6 is 0 Å². The summed E-state index contributed by atoms with van der Waals surface area (Å²) >= 11 is 0. The van der Waals surface area contributed by atoms with E-state index in [2.05, 4.69) is 0 Å². The number of hydrogen-bond acceptors (Lipinski definition) is 3. The van der Waals surface area contributed by atoms with Crippen LogP contribution in [0.15, 0.2) is 24.3 Å². The first-order valence-corrected chi connectivity index (χ1v) is 6.31. The van der Waals surface area contributed by atoms with Gasteiger partial charge in [-0.05, 0) is 18.6 Å². The Morgan fingerprint density at radius 1 is 1.37 bits per heavy atom. The lowest BCUT2D eigenvalue weighted by molar-refractivity contribution is -0.116. The zero-order chi connectivity index (χ0) is 14.0. The zero-order valence-corrected chi connectivity index (χ0v) is 11.2. The molecule has 1 heterocycles. The number of hydrogen-bond donors (Lipinski definition) is 1. The molecule has 1 saturated heterocycles. The maximum Gasteiger partial charge on any atom is 0.256 e. The molecule has 0 saturated carbocycles. The van der Waals surface area contributed by atoms with Crippen molar-refractivity contribution in [1.82, 2.24) is 4.90 Å². The predicted molar refractivity (Wildman–Crippen MR) is 72.1 cm³/mol. The van der Waals surface area contributed by atoms with Crippen molar-refractivity contribution < 1.29 is 14.7 Å². The van der Waals surface area contributed by atoms with Crippen molar-refractivity contribution in [2.75, 3.05) is 25.0 Å². The second-order valence-electron chi connectivity index (χ2n) is 4.79. The average Bonchev–Trinajstić information content (AvgIpc) is 2.83. The van der Waals surface area contributed by atoms with Gasteiger partial charge in [-0.1, -0.05) is 12.1 Å². The highest BCUT2D eigenvalue weighted by molar-refractivity contribution is 6.04. The number of nitrogens with zero attached hydrogens (tertiary/aromatic N) is 2. The molecule has 1 N–H and O–H groups in total. The maximum absolute atomic E-state index is 12.4. The molecule has 1 atom stereocenters. The molecule has 2 rings (SSSR count). The molecule has 2 amide bonds. The smallest absolute Gasteiger partial charge is 0.256 e. The van der Waals surface area contributed by atoms with Crippen LogP contribution < -0.4 is 4.90 Å². The van der Waals surface area contributed by atoms with Gasteiger partial charge in [0.25, 0.3) is 5.91 Å². The quantitative estimate of drug-likeness (QED) is 0.860. The second kappa shape index (κ2) is 5.40. The van der Waals surface area contributed by atoms with Crippen LogP contribution in [0.2, 0.25) is 0 Å². The monoisotopic (exact) mass is 262 g/mol. The summed E-state index contributed by atoms with van der Waals surface area (Å²) in [5.41, 5.74) is 1.09. The van der Waals surface area contributed by atoms with E-state index in [1.807, 2.05) is 0 Å². The minimum atomic E-state index is -0.443. The summed E-state index contributed by atoms with van der Waals surface area (Å²) in [7, 11) is 1.65. The van der Waals surface area contributed by atoms with E-state index >= 15 is 0 Å². The molecule has 1 fully saturated rings. The third-order valence-corrected chi connectivity index (χ3v) is 3.42. The molecule has 0 radical (unpaired) electrons. The fraction of sp³-hybridized carbons (Fsp3) is 0.429. The Hall–Kier alpha value is -1.88. The summed E-state index contributed by atoms with van der Waals surface area (Å²) < 4.78 is 0. The molecule has 5 heteroatoms. The molecule has 1 aromatic carbocycles. The molecule has 1 aliphatic heterocycles. The van der Waals surface area contributed by atoms with Crippen molar-refractivity contribution in [3.63, 3.8) is 0 Å². The van der Waals surface area contributed by atoms with Gasteiger partial charge in [-0.15, -0.1) is 0 Å². The van der Waals surface area contributed by atoms with Crippen LogP contribution in [0.25, 0.3) is 0 Å². The van der Waals surface area contributed by atoms with E-state index in [0.717, 1.165) is 0 Å². The Bertz CT molecular complexity index is 501. The van der Waals surface area contributed by atoms with Crippen LogP contribution in [0.1, 0.15) is 23.7 Å². The van der Waals surface area contributed by atoms with E-state index in [0.29, 0.717) is 30.8 Å². The van der Waals surface area contributed by atoms with Gasteiger partial charge in [-0.3, -0.25) is 9.59 Å². The maximum atomic E-state index is 12.4. The van der Waals surface area contributed by atoms with Crippen LogP contribution in [0.5, 0.6) is 0 Å². The van der Waals surface area contributed by atoms with Crippen molar-refractivity contribution in [2.45, 2.75) is 19.4 Å². The molecule has 102 valence electrons. The lowest BCUT2D eigenvalue weighted by atomic mass is 10.1. The third kappa shape index (κ3) is 2.76. The highest BCUT2D eigenvalue weighted by Crippen LogP contribution is 2.23. The van der Waals surface area contributed by atoms with Gasteiger partial charge in [0, 0.05) is 27.1 Å². The number of likely N-dealkylation sites (tertiary alicyclic amines) is 1. The summed E-state index contributed by atoms with van der Waals surface area (Å²) in [6.45, 7) is 2.37. The Balaban J connectivity index is 2.29. The molecular formula is C14H18N2O3. The summed E-state index contributed by atoms with van der Waals surface area (Å²) in [5, 5.41) is 9.50. The minimum Gasteiger partial charge on any atom is -0.391 e. The lowest BCUT2D eigenvalue weighted by Gasteiger charge is -2.22. The van der Waals surface area contributed by atoms with E-state index in [4.69, 9.17) is 0 Å². The molecular weight excluding hydrogens is 244 g/mol. The molecule has 19 heavy (non-hydrogen) atoms. The highest BCUT2D eigenvalue weighted by atomic mass is 16.3. The standard InChI is InChI=1S/C14H18N2O3/c1-10(17)15(2)13-6-4-3-5-12(13)14(19)16-8-7-11(18)9-16/h3-6,11,18H,7-9H2,1-2H3/t11-/m0/s1. The number of rotatable bonds is 2. The Kier molecular flexibility index (Phi) is 3.85. The Morgan fingerprint density at radius 3 is 2.63 bits per heavy atom. The second-order valence-corrected chi connectivity index (χ2v) is 4.79. The number of benzene rings is 1. The van der Waals surface area contributed by atoms with Crippen LogP contribution in [-0.2, 0) is 4.79 Å². The van der Waals surface area contributed by atoms with Crippen molar-refractivity contribution in [1.29, 1.82) is 0 Å². The number of anilines is 1. The van der Waals surface area contributed by atoms with Crippen LogP contribution in [0.3, 0.4) is 0 Å². The number of aliphatic hydroxyl groups is 1. The number of para-hydroxylation sites is 1. The van der Waals surface area contributed by atoms with Gasteiger partial charge < -0.3 is 14.9 Å². The van der Waals surface area contributed by atoms with Crippen molar-refractivity contribution in [2.24, 2.45) is 0 Å². The first-order chi connectivity index (χ1) is 9.00. The van der Waals surface area contributed by atoms with E-state index in [-0.39, 0.29) is 11.8 Å². The topological polar surface area (TPSA) is 60.9 Å². The zero-order valence-electron chi connectivity index (χ0n) is 11.2. The van der Waals surface area contributed by atoms with Gasteiger partial charge in [0.2, 0.25) is 5.91 Å². The molecule has 0 unspecified atom stereocenters. The first kappa shape index (κ1) is 13.5. The minimum absolute atomic E-state index is 0.123. The summed E-state index contributed by atoms with van der Waals surface area (Å²) in [5.74, 6) is -0.262. The van der Waals surface area contributed by atoms with E-state index in [1.165, 1.54) is 11.8 Å². The summed E-state index contributed by atoms with van der Waals surface area (Å²) in [6.07, 6.45) is 0.165. The third-order valence-electron chi connectivity index (χ3n) is 3.42.